The smallest absolute Gasteiger partial charge is 0.0431 e. The van der Waals surface area contributed by atoms with Gasteiger partial charge in [0.15, 0.2) is 0 Å². The lowest BCUT2D eigenvalue weighted by molar-refractivity contribution is 0.480. The SMILES string of the molecule is CC(C)C(CN)N(C)c1ccc(-c2ccccc2)cc1. The van der Waals surface area contributed by atoms with Crippen LogP contribution in [-0.2, 0) is 0 Å². The van der Waals surface area contributed by atoms with E-state index in [4.69, 9.17) is 5.73 Å². The molecule has 1 atom stereocenters. The minimum Gasteiger partial charge on any atom is -0.370 e. The van der Waals surface area contributed by atoms with Crippen LogP contribution in [0.3, 0.4) is 0 Å². The largest absolute Gasteiger partial charge is 0.370 e. The summed E-state index contributed by atoms with van der Waals surface area (Å²) in [5, 5.41) is 0. The van der Waals surface area contributed by atoms with E-state index in [2.05, 4.69) is 74.3 Å². The van der Waals surface area contributed by atoms with Crippen molar-refractivity contribution in [2.45, 2.75) is 19.9 Å². The van der Waals surface area contributed by atoms with Gasteiger partial charge in [-0.3, -0.25) is 0 Å². The van der Waals surface area contributed by atoms with E-state index in [1.54, 1.807) is 0 Å². The molecular formula is C18H24N2. The van der Waals surface area contributed by atoms with Crippen LogP contribution in [0.2, 0.25) is 0 Å². The van der Waals surface area contributed by atoms with Crippen LogP contribution >= 0.6 is 0 Å². The van der Waals surface area contributed by atoms with Gasteiger partial charge in [-0.1, -0.05) is 56.3 Å². The minimum absolute atomic E-state index is 0.373. The number of likely N-dealkylation sites (N-methyl/N-ethyl adjacent to an activating group) is 1. The molecule has 20 heavy (non-hydrogen) atoms. The topological polar surface area (TPSA) is 29.3 Å². The van der Waals surface area contributed by atoms with Crippen LogP contribution in [0.5, 0.6) is 0 Å². The van der Waals surface area contributed by atoms with Crippen LogP contribution in [-0.4, -0.2) is 19.6 Å². The maximum absolute atomic E-state index is 5.89. The van der Waals surface area contributed by atoms with Crippen LogP contribution in [0, 0.1) is 5.92 Å². The summed E-state index contributed by atoms with van der Waals surface area (Å²) in [4.78, 5) is 2.28. The van der Waals surface area contributed by atoms with Gasteiger partial charge in [-0.25, -0.2) is 0 Å². The summed E-state index contributed by atoms with van der Waals surface area (Å²) in [6.07, 6.45) is 0. The fraction of sp³-hybridized carbons (Fsp3) is 0.333. The minimum atomic E-state index is 0.373. The first kappa shape index (κ1) is 14.6. The Hall–Kier alpha value is -1.80. The van der Waals surface area contributed by atoms with Crippen molar-refractivity contribution in [3.63, 3.8) is 0 Å². The number of benzene rings is 2. The van der Waals surface area contributed by atoms with Gasteiger partial charge in [0.25, 0.3) is 0 Å². The summed E-state index contributed by atoms with van der Waals surface area (Å²) in [5.74, 6) is 0.541. The van der Waals surface area contributed by atoms with E-state index >= 15 is 0 Å². The molecule has 2 nitrogen and oxygen atoms in total. The zero-order chi connectivity index (χ0) is 14.5. The standard InChI is InChI=1S/C18H24N2/c1-14(2)18(13-19)20(3)17-11-9-16(10-12-17)15-7-5-4-6-8-15/h4-12,14,18H,13,19H2,1-3H3. The third-order valence-corrected chi connectivity index (χ3v) is 3.89. The molecule has 0 bridgehead atoms. The maximum atomic E-state index is 5.89. The lowest BCUT2D eigenvalue weighted by Gasteiger charge is -2.32. The van der Waals surface area contributed by atoms with Crippen LogP contribution in [0.1, 0.15) is 13.8 Å². The van der Waals surface area contributed by atoms with E-state index in [1.165, 1.54) is 16.8 Å². The number of anilines is 1. The van der Waals surface area contributed by atoms with Crippen molar-refractivity contribution in [2.24, 2.45) is 11.7 Å². The van der Waals surface area contributed by atoms with Gasteiger partial charge in [0.2, 0.25) is 0 Å². The zero-order valence-electron chi connectivity index (χ0n) is 12.6. The van der Waals surface area contributed by atoms with Gasteiger partial charge in [-0.15, -0.1) is 0 Å². The van der Waals surface area contributed by atoms with Crippen molar-refractivity contribution < 1.29 is 0 Å². The van der Waals surface area contributed by atoms with E-state index in [0.717, 1.165) is 0 Å². The molecular weight excluding hydrogens is 244 g/mol. The number of hydrogen-bond acceptors (Lipinski definition) is 2. The summed E-state index contributed by atoms with van der Waals surface area (Å²) in [5.41, 5.74) is 9.61. The van der Waals surface area contributed by atoms with Crippen molar-refractivity contribution in [3.05, 3.63) is 54.6 Å². The van der Waals surface area contributed by atoms with Gasteiger partial charge in [0.1, 0.15) is 0 Å². The fourth-order valence-corrected chi connectivity index (χ4v) is 2.59. The Kier molecular flexibility index (Phi) is 4.80. The van der Waals surface area contributed by atoms with Gasteiger partial charge >= 0.3 is 0 Å². The molecule has 0 aliphatic heterocycles. The maximum Gasteiger partial charge on any atom is 0.0431 e. The Morgan fingerprint density at radius 2 is 1.45 bits per heavy atom. The normalized spacial score (nSPS) is 12.4. The molecule has 0 aliphatic carbocycles. The molecule has 0 aromatic heterocycles. The van der Waals surface area contributed by atoms with Crippen molar-refractivity contribution in [1.29, 1.82) is 0 Å². The lowest BCUT2D eigenvalue weighted by Crippen LogP contribution is -2.41. The summed E-state index contributed by atoms with van der Waals surface area (Å²) in [7, 11) is 2.12. The number of hydrogen-bond donors (Lipinski definition) is 1. The average molecular weight is 268 g/mol. The van der Waals surface area contributed by atoms with Gasteiger partial charge in [-0.2, -0.15) is 0 Å². The Bertz CT molecular complexity index is 517. The highest BCUT2D eigenvalue weighted by atomic mass is 15.1. The Morgan fingerprint density at radius 3 is 1.95 bits per heavy atom. The summed E-state index contributed by atoms with van der Waals surface area (Å²) >= 11 is 0. The van der Waals surface area contributed by atoms with E-state index in [0.29, 0.717) is 18.5 Å². The number of nitrogens with zero attached hydrogens (tertiary/aromatic N) is 1. The molecule has 0 aliphatic rings. The summed E-state index contributed by atoms with van der Waals surface area (Å²) in [6.45, 7) is 5.10. The monoisotopic (exact) mass is 268 g/mol. The second kappa shape index (κ2) is 6.58. The molecule has 0 saturated heterocycles. The van der Waals surface area contributed by atoms with E-state index in [-0.39, 0.29) is 0 Å². The van der Waals surface area contributed by atoms with Crippen LogP contribution in [0.25, 0.3) is 11.1 Å². The highest BCUT2D eigenvalue weighted by Gasteiger charge is 2.17. The molecule has 2 rings (SSSR count). The Labute approximate surface area is 122 Å². The quantitative estimate of drug-likeness (QED) is 0.894. The van der Waals surface area contributed by atoms with E-state index in [9.17, 15) is 0 Å². The van der Waals surface area contributed by atoms with Crippen LogP contribution in [0.4, 0.5) is 5.69 Å². The van der Waals surface area contributed by atoms with E-state index in [1.807, 2.05) is 6.07 Å². The highest BCUT2D eigenvalue weighted by Crippen LogP contribution is 2.24. The third kappa shape index (κ3) is 3.20. The molecule has 0 fully saturated rings. The van der Waals surface area contributed by atoms with Crippen LogP contribution < -0.4 is 10.6 Å². The van der Waals surface area contributed by atoms with Crippen LogP contribution in [0.15, 0.2) is 54.6 Å². The molecule has 2 N–H and O–H groups in total. The lowest BCUT2D eigenvalue weighted by atomic mass is 10.0. The van der Waals surface area contributed by atoms with Crippen molar-refractivity contribution >= 4 is 5.69 Å². The Balaban J connectivity index is 2.20. The molecule has 0 radical (unpaired) electrons. The molecule has 0 saturated carbocycles. The molecule has 1 unspecified atom stereocenters. The van der Waals surface area contributed by atoms with E-state index < -0.39 is 0 Å². The first-order valence-corrected chi connectivity index (χ1v) is 7.22. The molecule has 0 amide bonds. The van der Waals surface area contributed by atoms with Gasteiger partial charge in [0, 0.05) is 25.3 Å². The fourth-order valence-electron chi connectivity index (χ4n) is 2.59. The van der Waals surface area contributed by atoms with Gasteiger partial charge in [0.05, 0.1) is 0 Å². The predicted molar refractivity (Wildman–Crippen MR) is 88.0 cm³/mol. The third-order valence-electron chi connectivity index (χ3n) is 3.89. The molecule has 2 heteroatoms. The van der Waals surface area contributed by atoms with Gasteiger partial charge in [-0.05, 0) is 29.2 Å². The van der Waals surface area contributed by atoms with Crippen molar-refractivity contribution in [1.82, 2.24) is 0 Å². The van der Waals surface area contributed by atoms with Gasteiger partial charge < -0.3 is 10.6 Å². The predicted octanol–water partition coefficient (Wildman–Crippen LogP) is 3.77. The molecule has 2 aromatic carbocycles. The molecule has 106 valence electrons. The second-order valence-electron chi connectivity index (χ2n) is 5.57. The molecule has 2 aromatic rings. The number of rotatable bonds is 5. The Morgan fingerprint density at radius 1 is 0.900 bits per heavy atom. The van der Waals surface area contributed by atoms with Crippen molar-refractivity contribution in [3.8, 4) is 11.1 Å². The second-order valence-corrected chi connectivity index (χ2v) is 5.57. The molecule has 0 spiro atoms. The summed E-state index contributed by atoms with van der Waals surface area (Å²) < 4.78 is 0. The van der Waals surface area contributed by atoms with Crippen molar-refractivity contribution in [2.75, 3.05) is 18.5 Å². The summed E-state index contributed by atoms with van der Waals surface area (Å²) in [6, 6.07) is 19.5. The zero-order valence-corrected chi connectivity index (χ0v) is 12.6. The number of nitrogens with two attached hydrogens (primary N) is 1. The highest BCUT2D eigenvalue weighted by molar-refractivity contribution is 5.66. The average Bonchev–Trinajstić information content (AvgIpc) is 2.48. The molecule has 0 heterocycles. The first-order valence-electron chi connectivity index (χ1n) is 7.22. The first-order chi connectivity index (χ1) is 9.63.